The van der Waals surface area contributed by atoms with Crippen LogP contribution in [-0.4, -0.2) is 11.1 Å². The summed E-state index contributed by atoms with van der Waals surface area (Å²) in [4.78, 5) is 1.41. The molecule has 0 spiro atoms. The Labute approximate surface area is 99.6 Å². The molecule has 0 unspecified atom stereocenters. The molecule has 0 radical (unpaired) electrons. The van der Waals surface area contributed by atoms with Crippen LogP contribution < -0.4 is 0 Å². The van der Waals surface area contributed by atoms with Crippen molar-refractivity contribution < 1.29 is 0 Å². The summed E-state index contributed by atoms with van der Waals surface area (Å²) in [5.41, 5.74) is 1.36. The average Bonchev–Trinajstić information content (AvgIpc) is 2.18. The maximum atomic E-state index is 3.45. The second-order valence-corrected chi connectivity index (χ2v) is 5.38. The summed E-state index contributed by atoms with van der Waals surface area (Å²) in [5.74, 6) is 1.25. The second kappa shape index (κ2) is 7.36. The van der Waals surface area contributed by atoms with Crippen LogP contribution in [0.1, 0.15) is 24.8 Å². The third-order valence-electron chi connectivity index (χ3n) is 2.04. The maximum Gasteiger partial charge on any atom is 0.00745 e. The molecule has 1 aromatic rings. The van der Waals surface area contributed by atoms with Gasteiger partial charge in [0.1, 0.15) is 0 Å². The van der Waals surface area contributed by atoms with Crippen LogP contribution in [0.4, 0.5) is 0 Å². The van der Waals surface area contributed by atoms with Crippen molar-refractivity contribution in [3.8, 4) is 0 Å². The van der Waals surface area contributed by atoms with Crippen LogP contribution in [0.25, 0.3) is 0 Å². The predicted molar refractivity (Wildman–Crippen MR) is 69.5 cm³/mol. The van der Waals surface area contributed by atoms with Crippen LogP contribution in [0.3, 0.4) is 0 Å². The third kappa shape index (κ3) is 5.06. The minimum Gasteiger partial charge on any atom is -0.126 e. The van der Waals surface area contributed by atoms with E-state index in [-0.39, 0.29) is 0 Å². The molecule has 0 aromatic heterocycles. The summed E-state index contributed by atoms with van der Waals surface area (Å²) in [7, 11) is 0. The van der Waals surface area contributed by atoms with Gasteiger partial charge in [0.15, 0.2) is 0 Å². The SMILES string of the molecule is Cc1cccc(SCCCCCBr)c1. The standard InChI is InChI=1S/C12H17BrS/c1-11-6-5-7-12(10-11)14-9-4-2-3-8-13/h5-7,10H,2-4,8-9H2,1H3. The van der Waals surface area contributed by atoms with Crippen LogP contribution in [0.15, 0.2) is 29.2 Å². The number of unbranched alkanes of at least 4 members (excludes halogenated alkanes) is 2. The van der Waals surface area contributed by atoms with E-state index in [0.29, 0.717) is 0 Å². The van der Waals surface area contributed by atoms with E-state index in [9.17, 15) is 0 Å². The van der Waals surface area contributed by atoms with Crippen LogP contribution in [-0.2, 0) is 0 Å². The van der Waals surface area contributed by atoms with Crippen LogP contribution in [0.5, 0.6) is 0 Å². The van der Waals surface area contributed by atoms with Crippen molar-refractivity contribution in [2.24, 2.45) is 0 Å². The molecule has 0 aliphatic carbocycles. The van der Waals surface area contributed by atoms with Crippen molar-refractivity contribution in [3.63, 3.8) is 0 Å². The molecular weight excluding hydrogens is 256 g/mol. The van der Waals surface area contributed by atoms with Crippen molar-refractivity contribution in [2.45, 2.75) is 31.1 Å². The van der Waals surface area contributed by atoms with Gasteiger partial charge in [-0.3, -0.25) is 0 Å². The molecule has 14 heavy (non-hydrogen) atoms. The first-order valence-corrected chi connectivity index (χ1v) is 7.19. The molecule has 0 aliphatic heterocycles. The molecule has 0 atom stereocenters. The zero-order valence-electron chi connectivity index (χ0n) is 8.63. The van der Waals surface area contributed by atoms with Crippen molar-refractivity contribution in [1.29, 1.82) is 0 Å². The number of aryl methyl sites for hydroxylation is 1. The van der Waals surface area contributed by atoms with Gasteiger partial charge < -0.3 is 0 Å². The molecule has 0 heterocycles. The van der Waals surface area contributed by atoms with Crippen molar-refractivity contribution in [2.75, 3.05) is 11.1 Å². The Morgan fingerprint density at radius 1 is 1.21 bits per heavy atom. The molecule has 78 valence electrons. The van der Waals surface area contributed by atoms with Crippen LogP contribution in [0.2, 0.25) is 0 Å². The fraction of sp³-hybridized carbons (Fsp3) is 0.500. The smallest absolute Gasteiger partial charge is 0.00745 e. The van der Waals surface area contributed by atoms with E-state index in [1.165, 1.54) is 35.5 Å². The average molecular weight is 273 g/mol. The van der Waals surface area contributed by atoms with Crippen molar-refractivity contribution >= 4 is 27.7 Å². The minimum atomic E-state index is 1.14. The molecule has 0 saturated carbocycles. The van der Waals surface area contributed by atoms with E-state index in [1.807, 2.05) is 11.8 Å². The molecule has 2 heteroatoms. The van der Waals surface area contributed by atoms with E-state index < -0.39 is 0 Å². The molecule has 0 nitrogen and oxygen atoms in total. The highest BCUT2D eigenvalue weighted by Gasteiger charge is 1.94. The lowest BCUT2D eigenvalue weighted by molar-refractivity contribution is 0.788. The topological polar surface area (TPSA) is 0 Å². The Hall–Kier alpha value is 0.0500. The maximum absolute atomic E-state index is 3.45. The molecule has 0 N–H and O–H groups in total. The van der Waals surface area contributed by atoms with E-state index in [4.69, 9.17) is 0 Å². The Balaban J connectivity index is 2.18. The lowest BCUT2D eigenvalue weighted by Gasteiger charge is -2.02. The monoisotopic (exact) mass is 272 g/mol. The number of alkyl halides is 1. The van der Waals surface area contributed by atoms with E-state index in [1.54, 1.807) is 0 Å². The molecule has 0 saturated heterocycles. The molecular formula is C12H17BrS. The summed E-state index contributed by atoms with van der Waals surface area (Å²) >= 11 is 5.42. The number of hydrogen-bond acceptors (Lipinski definition) is 1. The van der Waals surface area contributed by atoms with Gasteiger partial charge in [0.2, 0.25) is 0 Å². The summed E-state index contributed by atoms with van der Waals surface area (Å²) in [6.07, 6.45) is 3.96. The van der Waals surface area contributed by atoms with E-state index >= 15 is 0 Å². The Morgan fingerprint density at radius 3 is 2.79 bits per heavy atom. The number of thioether (sulfide) groups is 1. The lowest BCUT2D eigenvalue weighted by atomic mass is 10.2. The number of rotatable bonds is 6. The first kappa shape index (κ1) is 12.1. The van der Waals surface area contributed by atoms with Gasteiger partial charge in [-0.05, 0) is 37.7 Å². The fourth-order valence-electron chi connectivity index (χ4n) is 1.27. The third-order valence-corrected chi connectivity index (χ3v) is 3.68. The highest BCUT2D eigenvalue weighted by Crippen LogP contribution is 2.20. The van der Waals surface area contributed by atoms with Crippen LogP contribution >= 0.6 is 27.7 Å². The Kier molecular flexibility index (Phi) is 6.37. The van der Waals surface area contributed by atoms with Gasteiger partial charge in [0.05, 0.1) is 0 Å². The van der Waals surface area contributed by atoms with Gasteiger partial charge in [-0.15, -0.1) is 11.8 Å². The fourth-order valence-corrected chi connectivity index (χ4v) is 2.69. The van der Waals surface area contributed by atoms with E-state index in [0.717, 1.165) is 5.33 Å². The highest BCUT2D eigenvalue weighted by molar-refractivity contribution is 9.09. The van der Waals surface area contributed by atoms with E-state index in [2.05, 4.69) is 47.1 Å². The quantitative estimate of drug-likeness (QED) is 0.413. The van der Waals surface area contributed by atoms with Gasteiger partial charge in [0.25, 0.3) is 0 Å². The van der Waals surface area contributed by atoms with Crippen molar-refractivity contribution in [3.05, 3.63) is 29.8 Å². The second-order valence-electron chi connectivity index (χ2n) is 3.41. The van der Waals surface area contributed by atoms with Gasteiger partial charge in [-0.25, -0.2) is 0 Å². The molecule has 0 amide bonds. The minimum absolute atomic E-state index is 1.14. The van der Waals surface area contributed by atoms with Crippen LogP contribution in [0, 0.1) is 6.92 Å². The molecule has 0 bridgehead atoms. The zero-order valence-corrected chi connectivity index (χ0v) is 11.0. The first-order chi connectivity index (χ1) is 6.83. The van der Waals surface area contributed by atoms with Gasteiger partial charge in [0, 0.05) is 10.2 Å². The summed E-state index contributed by atoms with van der Waals surface area (Å²) in [5, 5.41) is 1.14. The normalized spacial score (nSPS) is 10.4. The number of halogens is 1. The largest absolute Gasteiger partial charge is 0.126 e. The molecule has 1 rings (SSSR count). The first-order valence-electron chi connectivity index (χ1n) is 5.08. The summed E-state index contributed by atoms with van der Waals surface area (Å²) < 4.78 is 0. The summed E-state index contributed by atoms with van der Waals surface area (Å²) in [6, 6.07) is 8.74. The Bertz CT molecular complexity index is 260. The Morgan fingerprint density at radius 2 is 2.07 bits per heavy atom. The lowest BCUT2D eigenvalue weighted by Crippen LogP contribution is -1.82. The van der Waals surface area contributed by atoms with Gasteiger partial charge in [-0.2, -0.15) is 0 Å². The highest BCUT2D eigenvalue weighted by atomic mass is 79.9. The number of hydrogen-bond donors (Lipinski definition) is 0. The zero-order chi connectivity index (χ0) is 10.2. The molecule has 0 aliphatic rings. The number of benzene rings is 1. The molecule has 0 fully saturated rings. The van der Waals surface area contributed by atoms with Gasteiger partial charge in [-0.1, -0.05) is 40.0 Å². The summed E-state index contributed by atoms with van der Waals surface area (Å²) in [6.45, 7) is 2.15. The molecule has 1 aromatic carbocycles. The van der Waals surface area contributed by atoms with Gasteiger partial charge >= 0.3 is 0 Å². The van der Waals surface area contributed by atoms with Crippen molar-refractivity contribution in [1.82, 2.24) is 0 Å². The predicted octanol–water partition coefficient (Wildman–Crippen LogP) is 4.65.